The molecule has 2 fully saturated rings. The first-order valence-electron chi connectivity index (χ1n) is 7.60. The third-order valence-electron chi connectivity index (χ3n) is 4.99. The quantitative estimate of drug-likeness (QED) is 0.790. The molecule has 1 atom stereocenters. The van der Waals surface area contributed by atoms with E-state index in [9.17, 15) is 9.90 Å². The van der Waals surface area contributed by atoms with Gasteiger partial charge in [-0.1, -0.05) is 20.3 Å². The molecule has 0 bridgehead atoms. The molecular formula is C15H27NO2. The Hall–Kier alpha value is -0.570. The van der Waals surface area contributed by atoms with Gasteiger partial charge in [-0.05, 0) is 57.5 Å². The molecule has 0 spiro atoms. The van der Waals surface area contributed by atoms with E-state index < -0.39 is 11.4 Å². The highest BCUT2D eigenvalue weighted by atomic mass is 16.4. The molecule has 1 heterocycles. The summed E-state index contributed by atoms with van der Waals surface area (Å²) in [4.78, 5) is 14.1. The maximum absolute atomic E-state index is 11.5. The van der Waals surface area contributed by atoms with E-state index in [2.05, 4.69) is 18.7 Å². The van der Waals surface area contributed by atoms with Crippen LogP contribution < -0.4 is 0 Å². The minimum Gasteiger partial charge on any atom is -0.481 e. The van der Waals surface area contributed by atoms with Gasteiger partial charge >= 0.3 is 5.97 Å². The fraction of sp³-hybridized carbons (Fsp3) is 0.933. The van der Waals surface area contributed by atoms with Gasteiger partial charge in [-0.2, -0.15) is 0 Å². The van der Waals surface area contributed by atoms with Gasteiger partial charge in [0.1, 0.15) is 0 Å². The molecule has 2 aliphatic rings. The summed E-state index contributed by atoms with van der Waals surface area (Å²) >= 11 is 0. The average molecular weight is 253 g/mol. The summed E-state index contributed by atoms with van der Waals surface area (Å²) in [7, 11) is 0. The van der Waals surface area contributed by atoms with Crippen molar-refractivity contribution in [3.8, 4) is 0 Å². The third kappa shape index (κ3) is 2.71. The molecule has 0 aromatic rings. The van der Waals surface area contributed by atoms with Gasteiger partial charge in [0.25, 0.3) is 0 Å². The lowest BCUT2D eigenvalue weighted by Crippen LogP contribution is -2.48. The van der Waals surface area contributed by atoms with Crippen LogP contribution in [-0.2, 0) is 4.79 Å². The lowest BCUT2D eigenvalue weighted by Gasteiger charge is -2.42. The van der Waals surface area contributed by atoms with E-state index in [0.717, 1.165) is 50.7 Å². The van der Waals surface area contributed by atoms with Crippen molar-refractivity contribution in [2.75, 3.05) is 13.1 Å². The fourth-order valence-corrected chi connectivity index (χ4v) is 3.70. The van der Waals surface area contributed by atoms with Gasteiger partial charge in [0.05, 0.1) is 5.41 Å². The fourth-order valence-electron chi connectivity index (χ4n) is 3.70. The molecule has 2 rings (SSSR count). The summed E-state index contributed by atoms with van der Waals surface area (Å²) < 4.78 is 0. The van der Waals surface area contributed by atoms with Crippen LogP contribution in [0.5, 0.6) is 0 Å². The number of carboxylic acids is 1. The van der Waals surface area contributed by atoms with Gasteiger partial charge in [-0.25, -0.2) is 0 Å². The van der Waals surface area contributed by atoms with E-state index in [1.54, 1.807) is 0 Å². The number of carboxylic acid groups (broad SMARTS) is 1. The summed E-state index contributed by atoms with van der Waals surface area (Å²) in [5.74, 6) is 0.335. The second-order valence-electron chi connectivity index (χ2n) is 6.18. The highest BCUT2D eigenvalue weighted by Crippen LogP contribution is 2.41. The van der Waals surface area contributed by atoms with Crippen LogP contribution in [0.1, 0.15) is 58.8 Å². The van der Waals surface area contributed by atoms with Gasteiger partial charge in [-0.3, -0.25) is 4.79 Å². The Morgan fingerprint density at radius 3 is 2.33 bits per heavy atom. The van der Waals surface area contributed by atoms with Crippen molar-refractivity contribution in [2.45, 2.75) is 64.8 Å². The lowest BCUT2D eigenvalue weighted by molar-refractivity contribution is -0.153. The molecule has 1 N–H and O–H groups in total. The van der Waals surface area contributed by atoms with Crippen molar-refractivity contribution >= 4 is 5.97 Å². The highest BCUT2D eigenvalue weighted by Gasteiger charge is 2.43. The molecule has 3 nitrogen and oxygen atoms in total. The first-order valence-corrected chi connectivity index (χ1v) is 7.60. The molecule has 18 heavy (non-hydrogen) atoms. The Labute approximate surface area is 111 Å². The summed E-state index contributed by atoms with van der Waals surface area (Å²) in [5.41, 5.74) is -0.424. The summed E-state index contributed by atoms with van der Waals surface area (Å²) in [6.07, 6.45) is 7.50. The van der Waals surface area contributed by atoms with Crippen molar-refractivity contribution in [3.63, 3.8) is 0 Å². The van der Waals surface area contributed by atoms with Crippen molar-refractivity contribution in [1.29, 1.82) is 0 Å². The highest BCUT2D eigenvalue weighted by molar-refractivity contribution is 5.74. The molecule has 0 aromatic heterocycles. The number of carbonyl (C=O) groups is 1. The largest absolute Gasteiger partial charge is 0.481 e. The predicted molar refractivity (Wildman–Crippen MR) is 72.6 cm³/mol. The molecule has 1 aliphatic heterocycles. The molecule has 0 amide bonds. The SMILES string of the molecule is CCCC1(C(=O)O)CCN(C(CC)C2CC2)CC1. The average Bonchev–Trinajstić information content (AvgIpc) is 3.17. The summed E-state index contributed by atoms with van der Waals surface area (Å²) in [6.45, 7) is 6.34. The first-order chi connectivity index (χ1) is 8.63. The number of hydrogen-bond donors (Lipinski definition) is 1. The van der Waals surface area contributed by atoms with E-state index in [4.69, 9.17) is 0 Å². The minimum atomic E-state index is -0.566. The van der Waals surface area contributed by atoms with Gasteiger partial charge < -0.3 is 10.0 Å². The minimum absolute atomic E-state index is 0.424. The maximum Gasteiger partial charge on any atom is 0.309 e. The van der Waals surface area contributed by atoms with Crippen LogP contribution in [0.2, 0.25) is 0 Å². The third-order valence-corrected chi connectivity index (χ3v) is 4.99. The van der Waals surface area contributed by atoms with Gasteiger partial charge in [0.15, 0.2) is 0 Å². The van der Waals surface area contributed by atoms with Crippen LogP contribution in [0.3, 0.4) is 0 Å². The topological polar surface area (TPSA) is 40.5 Å². The van der Waals surface area contributed by atoms with Crippen LogP contribution in [0.15, 0.2) is 0 Å². The van der Waals surface area contributed by atoms with Gasteiger partial charge in [0, 0.05) is 6.04 Å². The molecule has 0 radical (unpaired) electrons. The Balaban J connectivity index is 1.94. The number of nitrogens with zero attached hydrogens (tertiary/aromatic N) is 1. The van der Waals surface area contributed by atoms with Crippen molar-refractivity contribution < 1.29 is 9.90 Å². The number of likely N-dealkylation sites (tertiary alicyclic amines) is 1. The van der Waals surface area contributed by atoms with Crippen LogP contribution in [0, 0.1) is 11.3 Å². The smallest absolute Gasteiger partial charge is 0.309 e. The molecule has 0 aromatic carbocycles. The van der Waals surface area contributed by atoms with E-state index in [0.29, 0.717) is 0 Å². The maximum atomic E-state index is 11.5. The molecular weight excluding hydrogens is 226 g/mol. The van der Waals surface area contributed by atoms with Crippen LogP contribution in [0.25, 0.3) is 0 Å². The zero-order valence-corrected chi connectivity index (χ0v) is 11.8. The number of aliphatic carboxylic acids is 1. The molecule has 1 saturated carbocycles. The van der Waals surface area contributed by atoms with Crippen molar-refractivity contribution in [3.05, 3.63) is 0 Å². The van der Waals surface area contributed by atoms with E-state index in [-0.39, 0.29) is 0 Å². The lowest BCUT2D eigenvalue weighted by atomic mass is 9.74. The molecule has 1 aliphatic carbocycles. The molecule has 104 valence electrons. The zero-order chi connectivity index (χ0) is 13.2. The Kier molecular flexibility index (Phi) is 4.31. The van der Waals surface area contributed by atoms with Crippen LogP contribution in [-0.4, -0.2) is 35.1 Å². The van der Waals surface area contributed by atoms with Crippen molar-refractivity contribution in [2.24, 2.45) is 11.3 Å². The standard InChI is InChI=1S/C15H27NO2/c1-3-7-15(14(17)18)8-10-16(11-9-15)13(4-2)12-5-6-12/h12-13H,3-11H2,1-2H3,(H,17,18). The van der Waals surface area contributed by atoms with Crippen molar-refractivity contribution in [1.82, 2.24) is 4.90 Å². The first kappa shape index (κ1) is 13.9. The Morgan fingerprint density at radius 1 is 1.33 bits per heavy atom. The Bertz CT molecular complexity index is 291. The summed E-state index contributed by atoms with van der Waals surface area (Å²) in [6, 6.07) is 0.721. The van der Waals surface area contributed by atoms with Crippen LogP contribution >= 0.6 is 0 Å². The monoisotopic (exact) mass is 253 g/mol. The molecule has 1 unspecified atom stereocenters. The predicted octanol–water partition coefficient (Wildman–Crippen LogP) is 3.14. The van der Waals surface area contributed by atoms with Crippen LogP contribution in [0.4, 0.5) is 0 Å². The second kappa shape index (κ2) is 5.60. The second-order valence-corrected chi connectivity index (χ2v) is 6.18. The molecule has 1 saturated heterocycles. The van der Waals surface area contributed by atoms with Gasteiger partial charge in [-0.15, -0.1) is 0 Å². The summed E-state index contributed by atoms with van der Waals surface area (Å²) in [5, 5.41) is 9.50. The van der Waals surface area contributed by atoms with E-state index in [1.807, 2.05) is 0 Å². The molecule has 3 heteroatoms. The zero-order valence-electron chi connectivity index (χ0n) is 11.8. The number of rotatable bonds is 6. The Morgan fingerprint density at radius 2 is 1.94 bits per heavy atom. The normalized spacial score (nSPS) is 25.9. The number of piperidine rings is 1. The van der Waals surface area contributed by atoms with E-state index in [1.165, 1.54) is 19.3 Å². The van der Waals surface area contributed by atoms with Gasteiger partial charge in [0.2, 0.25) is 0 Å². The number of hydrogen-bond acceptors (Lipinski definition) is 2. The van der Waals surface area contributed by atoms with E-state index >= 15 is 0 Å².